The van der Waals surface area contributed by atoms with Gasteiger partial charge in [-0.15, -0.1) is 0 Å². The number of nitro groups is 1. The van der Waals surface area contributed by atoms with Crippen molar-refractivity contribution in [2.75, 3.05) is 7.11 Å². The maximum Gasteiger partial charge on any atom is 0.273 e. The molecule has 1 aromatic carbocycles. The third-order valence-electron chi connectivity index (χ3n) is 3.95. The molecule has 1 saturated carbocycles. The Morgan fingerprint density at radius 1 is 1.33 bits per heavy atom. The van der Waals surface area contributed by atoms with Gasteiger partial charge in [0.15, 0.2) is 0 Å². The number of nitrogens with one attached hydrogen (secondary N) is 1. The molecule has 6 nitrogen and oxygen atoms in total. The number of nitro benzene ring substituents is 1. The zero-order valence-corrected chi connectivity index (χ0v) is 12.2. The summed E-state index contributed by atoms with van der Waals surface area (Å²) in [5, 5.41) is 24.3. The number of hydrogen-bond donors (Lipinski definition) is 2. The van der Waals surface area contributed by atoms with Gasteiger partial charge in [0.05, 0.1) is 24.2 Å². The van der Waals surface area contributed by atoms with E-state index < -0.39 is 4.92 Å². The second-order valence-electron chi connectivity index (χ2n) is 5.49. The maximum atomic E-state index is 10.9. The van der Waals surface area contributed by atoms with Crippen LogP contribution in [-0.2, 0) is 6.54 Å². The standard InChI is InChI=1S/C15H22N2O4/c1-21-13-8-11(7-12(9-13)17(19)20)10-16-14-5-3-2-4-6-15(14)18/h7-9,14-16,18H,2-6,10H2,1H3. The van der Waals surface area contributed by atoms with E-state index in [2.05, 4.69) is 5.32 Å². The Bertz CT molecular complexity index is 493. The smallest absolute Gasteiger partial charge is 0.273 e. The molecule has 2 unspecified atom stereocenters. The number of benzene rings is 1. The Morgan fingerprint density at radius 3 is 2.81 bits per heavy atom. The van der Waals surface area contributed by atoms with Crippen molar-refractivity contribution in [3.63, 3.8) is 0 Å². The molecular weight excluding hydrogens is 272 g/mol. The summed E-state index contributed by atoms with van der Waals surface area (Å²) < 4.78 is 5.10. The minimum atomic E-state index is -0.424. The van der Waals surface area contributed by atoms with Crippen LogP contribution in [0.3, 0.4) is 0 Å². The highest BCUT2D eigenvalue weighted by molar-refractivity contribution is 5.42. The quantitative estimate of drug-likeness (QED) is 0.495. The van der Waals surface area contributed by atoms with Gasteiger partial charge in [-0.1, -0.05) is 19.3 Å². The maximum absolute atomic E-state index is 10.9. The number of hydrogen-bond acceptors (Lipinski definition) is 5. The van der Waals surface area contributed by atoms with Crippen molar-refractivity contribution < 1.29 is 14.8 Å². The third kappa shape index (κ3) is 4.41. The lowest BCUT2D eigenvalue weighted by molar-refractivity contribution is -0.385. The SMILES string of the molecule is COc1cc(CNC2CCCCCC2O)cc([N+](=O)[O-])c1. The first kappa shape index (κ1) is 15.7. The highest BCUT2D eigenvalue weighted by Crippen LogP contribution is 2.23. The molecular formula is C15H22N2O4. The Kier molecular flexibility index (Phi) is 5.52. The van der Waals surface area contributed by atoms with Gasteiger partial charge in [0, 0.05) is 18.7 Å². The Hall–Kier alpha value is -1.66. The molecule has 0 radical (unpaired) electrons. The van der Waals surface area contributed by atoms with Gasteiger partial charge in [-0.3, -0.25) is 10.1 Å². The highest BCUT2D eigenvalue weighted by Gasteiger charge is 2.21. The zero-order chi connectivity index (χ0) is 15.2. The first-order valence-corrected chi connectivity index (χ1v) is 7.34. The van der Waals surface area contributed by atoms with E-state index >= 15 is 0 Å². The lowest BCUT2D eigenvalue weighted by Crippen LogP contribution is -2.38. The average molecular weight is 294 g/mol. The summed E-state index contributed by atoms with van der Waals surface area (Å²) in [5.41, 5.74) is 0.810. The fraction of sp³-hybridized carbons (Fsp3) is 0.600. The number of nitrogens with zero attached hydrogens (tertiary/aromatic N) is 1. The summed E-state index contributed by atoms with van der Waals surface area (Å²) in [6.45, 7) is 0.486. The fourth-order valence-corrected chi connectivity index (χ4v) is 2.74. The average Bonchev–Trinajstić information content (AvgIpc) is 2.69. The topological polar surface area (TPSA) is 84.6 Å². The van der Waals surface area contributed by atoms with Crippen molar-refractivity contribution >= 4 is 5.69 Å². The van der Waals surface area contributed by atoms with Gasteiger partial charge in [-0.2, -0.15) is 0 Å². The van der Waals surface area contributed by atoms with E-state index in [4.69, 9.17) is 4.74 Å². The predicted octanol–water partition coefficient (Wildman–Crippen LogP) is 2.39. The van der Waals surface area contributed by atoms with E-state index in [-0.39, 0.29) is 17.8 Å². The van der Waals surface area contributed by atoms with Crippen LogP contribution in [0.2, 0.25) is 0 Å². The van der Waals surface area contributed by atoms with E-state index in [1.165, 1.54) is 13.2 Å². The summed E-state index contributed by atoms with van der Waals surface area (Å²) >= 11 is 0. The summed E-state index contributed by atoms with van der Waals surface area (Å²) in [5.74, 6) is 0.474. The van der Waals surface area contributed by atoms with E-state index in [1.807, 2.05) is 0 Å². The molecule has 0 aliphatic heterocycles. The van der Waals surface area contributed by atoms with E-state index in [0.717, 1.165) is 37.7 Å². The normalized spacial score (nSPS) is 22.6. The molecule has 21 heavy (non-hydrogen) atoms. The summed E-state index contributed by atoms with van der Waals surface area (Å²) in [6, 6.07) is 4.78. The summed E-state index contributed by atoms with van der Waals surface area (Å²) in [6.07, 6.45) is 4.73. The van der Waals surface area contributed by atoms with Crippen molar-refractivity contribution in [2.24, 2.45) is 0 Å². The van der Waals surface area contributed by atoms with Crippen LogP contribution >= 0.6 is 0 Å². The Morgan fingerprint density at radius 2 is 2.10 bits per heavy atom. The van der Waals surface area contributed by atoms with Gasteiger partial charge in [0.1, 0.15) is 5.75 Å². The Labute approximate surface area is 124 Å². The van der Waals surface area contributed by atoms with Gasteiger partial charge in [0.25, 0.3) is 5.69 Å². The number of aliphatic hydroxyl groups is 1. The highest BCUT2D eigenvalue weighted by atomic mass is 16.6. The molecule has 0 aromatic heterocycles. The molecule has 0 bridgehead atoms. The molecule has 1 aliphatic carbocycles. The van der Waals surface area contributed by atoms with E-state index in [0.29, 0.717) is 12.3 Å². The third-order valence-corrected chi connectivity index (χ3v) is 3.95. The number of methoxy groups -OCH3 is 1. The van der Waals surface area contributed by atoms with Gasteiger partial charge < -0.3 is 15.2 Å². The monoisotopic (exact) mass is 294 g/mol. The van der Waals surface area contributed by atoms with Crippen LogP contribution in [0.5, 0.6) is 5.75 Å². The minimum Gasteiger partial charge on any atom is -0.496 e. The van der Waals surface area contributed by atoms with Crippen molar-refractivity contribution in [2.45, 2.75) is 50.8 Å². The zero-order valence-electron chi connectivity index (χ0n) is 12.2. The lowest BCUT2D eigenvalue weighted by atomic mass is 10.1. The number of ether oxygens (including phenoxy) is 1. The molecule has 1 aromatic rings. The van der Waals surface area contributed by atoms with Gasteiger partial charge in [-0.05, 0) is 24.5 Å². The van der Waals surface area contributed by atoms with Crippen LogP contribution in [0.1, 0.15) is 37.7 Å². The lowest BCUT2D eigenvalue weighted by Gasteiger charge is -2.22. The molecule has 1 aliphatic rings. The van der Waals surface area contributed by atoms with Crippen molar-refractivity contribution in [1.29, 1.82) is 0 Å². The number of non-ortho nitro benzene ring substituents is 1. The van der Waals surface area contributed by atoms with Crippen LogP contribution in [0, 0.1) is 10.1 Å². The largest absolute Gasteiger partial charge is 0.496 e. The van der Waals surface area contributed by atoms with E-state index in [9.17, 15) is 15.2 Å². The second-order valence-corrected chi connectivity index (χ2v) is 5.49. The van der Waals surface area contributed by atoms with E-state index in [1.54, 1.807) is 12.1 Å². The molecule has 0 spiro atoms. The molecule has 6 heteroatoms. The molecule has 1 fully saturated rings. The predicted molar refractivity (Wildman–Crippen MR) is 79.4 cm³/mol. The van der Waals surface area contributed by atoms with Crippen molar-refractivity contribution in [3.8, 4) is 5.75 Å². The molecule has 2 atom stereocenters. The molecule has 0 saturated heterocycles. The minimum absolute atomic E-state index is 0.0209. The van der Waals surface area contributed by atoms with Gasteiger partial charge in [-0.25, -0.2) is 0 Å². The fourth-order valence-electron chi connectivity index (χ4n) is 2.74. The van der Waals surface area contributed by atoms with Gasteiger partial charge in [0.2, 0.25) is 0 Å². The van der Waals surface area contributed by atoms with Crippen LogP contribution in [0.4, 0.5) is 5.69 Å². The molecule has 2 N–H and O–H groups in total. The first-order valence-electron chi connectivity index (χ1n) is 7.34. The number of aliphatic hydroxyl groups excluding tert-OH is 1. The van der Waals surface area contributed by atoms with Crippen molar-refractivity contribution in [3.05, 3.63) is 33.9 Å². The molecule has 2 rings (SSSR count). The van der Waals surface area contributed by atoms with Crippen LogP contribution in [0.25, 0.3) is 0 Å². The molecule has 0 amide bonds. The molecule has 116 valence electrons. The van der Waals surface area contributed by atoms with Crippen LogP contribution in [0.15, 0.2) is 18.2 Å². The molecule has 0 heterocycles. The number of rotatable bonds is 5. The second kappa shape index (κ2) is 7.38. The summed E-state index contributed by atoms with van der Waals surface area (Å²) in [7, 11) is 1.49. The first-order chi connectivity index (χ1) is 10.1. The van der Waals surface area contributed by atoms with Crippen LogP contribution < -0.4 is 10.1 Å². The van der Waals surface area contributed by atoms with Gasteiger partial charge >= 0.3 is 0 Å². The Balaban J connectivity index is 2.04. The van der Waals surface area contributed by atoms with Crippen LogP contribution in [-0.4, -0.2) is 29.3 Å². The summed E-state index contributed by atoms with van der Waals surface area (Å²) in [4.78, 5) is 10.5. The van der Waals surface area contributed by atoms with Crippen molar-refractivity contribution in [1.82, 2.24) is 5.32 Å².